The van der Waals surface area contributed by atoms with Gasteiger partial charge in [-0.25, -0.2) is 0 Å². The van der Waals surface area contributed by atoms with Gasteiger partial charge < -0.3 is 10.4 Å². The van der Waals surface area contributed by atoms with Crippen LogP contribution < -0.4 is 5.32 Å². The van der Waals surface area contributed by atoms with Gasteiger partial charge in [-0.2, -0.15) is 0 Å². The van der Waals surface area contributed by atoms with Gasteiger partial charge in [-0.1, -0.05) is 0 Å². The summed E-state index contributed by atoms with van der Waals surface area (Å²) in [5.41, 5.74) is 0. The highest BCUT2D eigenvalue weighted by atomic mass is 16.3. The number of nitrogens with zero attached hydrogens (tertiary/aromatic N) is 1. The molecule has 0 aliphatic carbocycles. The molecule has 1 fully saturated rings. The first-order chi connectivity index (χ1) is 4.72. The largest absolute Gasteiger partial charge is 0.394 e. The van der Waals surface area contributed by atoms with E-state index < -0.39 is 0 Å². The smallest absolute Gasteiger partial charge is 0.234 e. The molecule has 1 atom stereocenters. The van der Waals surface area contributed by atoms with Crippen molar-refractivity contribution in [2.75, 3.05) is 26.7 Å². The van der Waals surface area contributed by atoms with Crippen molar-refractivity contribution in [2.45, 2.75) is 6.04 Å². The van der Waals surface area contributed by atoms with Crippen LogP contribution in [0, 0.1) is 0 Å². The van der Waals surface area contributed by atoms with Crippen LogP contribution >= 0.6 is 0 Å². The van der Waals surface area contributed by atoms with Crippen molar-refractivity contribution in [3.8, 4) is 0 Å². The Bertz CT molecular complexity index is 138. The Hall–Kier alpha value is -0.610. The van der Waals surface area contributed by atoms with Gasteiger partial charge in [0.25, 0.3) is 0 Å². The first-order valence-electron chi connectivity index (χ1n) is 3.31. The minimum Gasteiger partial charge on any atom is -0.394 e. The second-order valence-electron chi connectivity index (χ2n) is 2.64. The van der Waals surface area contributed by atoms with Gasteiger partial charge in [0.15, 0.2) is 0 Å². The van der Waals surface area contributed by atoms with Crippen LogP contribution in [0.15, 0.2) is 0 Å². The zero-order valence-electron chi connectivity index (χ0n) is 6.00. The van der Waals surface area contributed by atoms with E-state index in [1.54, 1.807) is 0 Å². The zero-order valence-corrected chi connectivity index (χ0v) is 6.00. The van der Waals surface area contributed by atoms with Gasteiger partial charge in [-0.15, -0.1) is 0 Å². The Balaban J connectivity index is 2.42. The highest BCUT2D eigenvalue weighted by molar-refractivity contribution is 5.79. The highest BCUT2D eigenvalue weighted by Gasteiger charge is 2.20. The fourth-order valence-electron chi connectivity index (χ4n) is 1.11. The molecule has 1 saturated heterocycles. The summed E-state index contributed by atoms with van der Waals surface area (Å²) in [5.74, 6) is -0.00667. The monoisotopic (exact) mass is 144 g/mol. The van der Waals surface area contributed by atoms with Crippen LogP contribution in [0.4, 0.5) is 0 Å². The van der Waals surface area contributed by atoms with Crippen molar-refractivity contribution in [3.63, 3.8) is 0 Å². The van der Waals surface area contributed by atoms with Crippen molar-refractivity contribution in [1.29, 1.82) is 0 Å². The summed E-state index contributed by atoms with van der Waals surface area (Å²) in [5, 5.41) is 11.4. The summed E-state index contributed by atoms with van der Waals surface area (Å²) in [6.07, 6.45) is 0. The average Bonchev–Trinajstić information content (AvgIpc) is 1.85. The van der Waals surface area contributed by atoms with Gasteiger partial charge in [0.2, 0.25) is 5.91 Å². The maximum atomic E-state index is 10.8. The van der Waals surface area contributed by atoms with Gasteiger partial charge in [-0.3, -0.25) is 9.69 Å². The van der Waals surface area contributed by atoms with Crippen molar-refractivity contribution in [2.24, 2.45) is 0 Å². The van der Waals surface area contributed by atoms with E-state index in [0.29, 0.717) is 6.54 Å². The third-order valence-electron chi connectivity index (χ3n) is 1.53. The van der Waals surface area contributed by atoms with Gasteiger partial charge in [-0.05, 0) is 7.05 Å². The van der Waals surface area contributed by atoms with Crippen LogP contribution in [0.25, 0.3) is 0 Å². The lowest BCUT2D eigenvalue weighted by molar-refractivity contribution is -0.125. The Morgan fingerprint density at radius 1 is 1.90 bits per heavy atom. The van der Waals surface area contributed by atoms with E-state index in [1.807, 2.05) is 11.9 Å². The number of hydrogen-bond donors (Lipinski definition) is 2. The summed E-state index contributed by atoms with van der Waals surface area (Å²) in [6, 6.07) is -0.0775. The molecule has 0 saturated carbocycles. The van der Waals surface area contributed by atoms with Crippen molar-refractivity contribution in [3.05, 3.63) is 0 Å². The number of amides is 1. The molecular weight excluding hydrogens is 132 g/mol. The third-order valence-corrected chi connectivity index (χ3v) is 1.53. The number of carbonyl (C=O) groups excluding carboxylic acids is 1. The number of nitrogens with one attached hydrogen (secondary N) is 1. The van der Waals surface area contributed by atoms with Gasteiger partial charge in [0, 0.05) is 6.54 Å². The van der Waals surface area contributed by atoms with Crippen molar-refractivity contribution in [1.82, 2.24) is 10.2 Å². The fourth-order valence-corrected chi connectivity index (χ4v) is 1.11. The zero-order chi connectivity index (χ0) is 7.56. The number of likely N-dealkylation sites (N-methyl/N-ethyl adjacent to an activating group) is 1. The average molecular weight is 144 g/mol. The molecule has 2 N–H and O–H groups in total. The summed E-state index contributed by atoms with van der Waals surface area (Å²) >= 11 is 0. The van der Waals surface area contributed by atoms with Crippen molar-refractivity contribution >= 4 is 5.91 Å². The van der Waals surface area contributed by atoms with E-state index in [-0.39, 0.29) is 18.6 Å². The van der Waals surface area contributed by atoms with Gasteiger partial charge >= 0.3 is 0 Å². The van der Waals surface area contributed by atoms with E-state index >= 15 is 0 Å². The molecule has 0 bridgehead atoms. The number of aliphatic hydroxyl groups is 1. The first-order valence-corrected chi connectivity index (χ1v) is 3.31. The van der Waals surface area contributed by atoms with Crippen LogP contribution in [-0.4, -0.2) is 48.7 Å². The molecule has 1 amide bonds. The molecule has 0 aromatic carbocycles. The molecule has 4 nitrogen and oxygen atoms in total. The normalized spacial score (nSPS) is 28.2. The highest BCUT2D eigenvalue weighted by Crippen LogP contribution is 1.94. The molecule has 1 aliphatic rings. The molecule has 58 valence electrons. The number of hydrogen-bond acceptors (Lipinski definition) is 3. The lowest BCUT2D eigenvalue weighted by atomic mass is 10.2. The molecule has 0 spiro atoms. The van der Waals surface area contributed by atoms with E-state index in [2.05, 4.69) is 5.32 Å². The molecular formula is C6H12N2O2. The van der Waals surface area contributed by atoms with Crippen LogP contribution in [0.3, 0.4) is 0 Å². The number of piperazine rings is 1. The summed E-state index contributed by atoms with van der Waals surface area (Å²) in [7, 11) is 1.86. The Kier molecular flexibility index (Phi) is 2.24. The van der Waals surface area contributed by atoms with Gasteiger partial charge in [0.05, 0.1) is 19.2 Å². The fraction of sp³-hybridized carbons (Fsp3) is 0.833. The third kappa shape index (κ3) is 1.68. The minimum absolute atomic E-state index is 0.00667. The molecule has 10 heavy (non-hydrogen) atoms. The molecule has 1 heterocycles. The second-order valence-corrected chi connectivity index (χ2v) is 2.64. The van der Waals surface area contributed by atoms with E-state index in [4.69, 9.17) is 5.11 Å². The SMILES string of the molecule is CN1CC(=O)NC(CO)C1. The lowest BCUT2D eigenvalue weighted by Crippen LogP contribution is -2.54. The van der Waals surface area contributed by atoms with Crippen LogP contribution in [0.1, 0.15) is 0 Å². The Morgan fingerprint density at radius 2 is 2.60 bits per heavy atom. The molecule has 0 radical (unpaired) electrons. The Labute approximate surface area is 59.8 Å². The standard InChI is InChI=1S/C6H12N2O2/c1-8-2-5(4-9)7-6(10)3-8/h5,9H,2-4H2,1H3,(H,7,10). The molecule has 1 unspecified atom stereocenters. The number of aliphatic hydroxyl groups excluding tert-OH is 1. The summed E-state index contributed by atoms with van der Waals surface area (Å²) in [4.78, 5) is 12.7. The van der Waals surface area contributed by atoms with Crippen LogP contribution in [0.5, 0.6) is 0 Å². The van der Waals surface area contributed by atoms with E-state index in [9.17, 15) is 4.79 Å². The maximum absolute atomic E-state index is 10.8. The summed E-state index contributed by atoms with van der Waals surface area (Å²) in [6.45, 7) is 1.20. The van der Waals surface area contributed by atoms with Gasteiger partial charge in [0.1, 0.15) is 0 Å². The molecule has 0 aromatic rings. The van der Waals surface area contributed by atoms with E-state index in [1.165, 1.54) is 0 Å². The number of carbonyl (C=O) groups is 1. The second kappa shape index (κ2) is 2.98. The maximum Gasteiger partial charge on any atom is 0.234 e. The van der Waals surface area contributed by atoms with E-state index in [0.717, 1.165) is 6.54 Å². The van der Waals surface area contributed by atoms with Crippen LogP contribution in [-0.2, 0) is 4.79 Å². The predicted molar refractivity (Wildman–Crippen MR) is 36.5 cm³/mol. The minimum atomic E-state index is -0.0775. The Morgan fingerprint density at radius 3 is 3.10 bits per heavy atom. The molecule has 0 aromatic heterocycles. The first kappa shape index (κ1) is 7.50. The topological polar surface area (TPSA) is 52.6 Å². The summed E-state index contributed by atoms with van der Waals surface area (Å²) < 4.78 is 0. The quantitative estimate of drug-likeness (QED) is 0.466. The molecule has 1 rings (SSSR count). The molecule has 4 heteroatoms. The lowest BCUT2D eigenvalue weighted by Gasteiger charge is -2.28. The predicted octanol–water partition coefficient (Wildman–Crippen LogP) is -1.59. The number of rotatable bonds is 1. The van der Waals surface area contributed by atoms with Crippen molar-refractivity contribution < 1.29 is 9.90 Å². The van der Waals surface area contributed by atoms with Crippen LogP contribution in [0.2, 0.25) is 0 Å². The molecule has 1 aliphatic heterocycles.